The normalized spacial score (nSPS) is 10.8. The second-order valence-corrected chi connectivity index (χ2v) is 6.36. The van der Waals surface area contributed by atoms with Crippen LogP contribution in [0.15, 0.2) is 38.5 Å². The first-order valence-electron chi connectivity index (χ1n) is 5.83. The van der Waals surface area contributed by atoms with Gasteiger partial charge in [-0.05, 0) is 40.2 Å². The lowest BCUT2D eigenvalue weighted by molar-refractivity contribution is -0.402. The van der Waals surface area contributed by atoms with Gasteiger partial charge in [-0.25, -0.2) is 4.79 Å². The Morgan fingerprint density at radius 2 is 2.14 bits per heavy atom. The van der Waals surface area contributed by atoms with Crippen molar-refractivity contribution in [2.75, 3.05) is 6.61 Å². The van der Waals surface area contributed by atoms with E-state index in [1.165, 1.54) is 29.5 Å². The molecule has 7 nitrogen and oxygen atoms in total. The van der Waals surface area contributed by atoms with Crippen molar-refractivity contribution in [2.24, 2.45) is 0 Å². The quantitative estimate of drug-likeness (QED) is 0.248. The predicted molar refractivity (Wildman–Crippen MR) is 81.7 cm³/mol. The number of hydrogen-bond donors (Lipinski definition) is 0. The first kappa shape index (κ1) is 16.1. The van der Waals surface area contributed by atoms with E-state index in [1.807, 2.05) is 0 Å². The summed E-state index contributed by atoms with van der Waals surface area (Å²) in [4.78, 5) is 33.4. The molecule has 0 aromatic carbocycles. The van der Waals surface area contributed by atoms with Crippen molar-refractivity contribution in [3.63, 3.8) is 0 Å². The number of hydrogen-bond acceptors (Lipinski definition) is 7. The number of esters is 1. The van der Waals surface area contributed by atoms with Crippen LogP contribution in [0.1, 0.15) is 15.4 Å². The van der Waals surface area contributed by atoms with E-state index in [-0.39, 0.29) is 18.2 Å². The third-order valence-electron chi connectivity index (χ3n) is 2.37. The molecule has 0 atom stereocenters. The van der Waals surface area contributed by atoms with E-state index in [4.69, 9.17) is 9.15 Å². The molecule has 0 fully saturated rings. The molecule has 0 spiro atoms. The molecule has 2 aromatic heterocycles. The predicted octanol–water partition coefficient (Wildman–Crippen LogP) is 3.45. The Morgan fingerprint density at radius 1 is 1.36 bits per heavy atom. The number of halogens is 1. The molecule has 0 aliphatic heterocycles. The van der Waals surface area contributed by atoms with Crippen LogP contribution >= 0.6 is 27.3 Å². The van der Waals surface area contributed by atoms with Crippen molar-refractivity contribution in [2.45, 2.75) is 0 Å². The maximum Gasteiger partial charge on any atom is 0.433 e. The number of carbonyl (C=O) groups excluding carboxylic acids is 2. The minimum atomic E-state index is -0.747. The smallest absolute Gasteiger partial charge is 0.433 e. The van der Waals surface area contributed by atoms with Crippen LogP contribution in [0.2, 0.25) is 0 Å². The van der Waals surface area contributed by atoms with Crippen molar-refractivity contribution >= 4 is 51.0 Å². The van der Waals surface area contributed by atoms with Crippen LogP contribution in [0.5, 0.6) is 0 Å². The zero-order chi connectivity index (χ0) is 16.1. The van der Waals surface area contributed by atoms with Gasteiger partial charge in [0, 0.05) is 6.08 Å². The molecule has 114 valence electrons. The summed E-state index contributed by atoms with van der Waals surface area (Å²) in [5.41, 5.74) is 0. The molecule has 22 heavy (non-hydrogen) atoms. The molecule has 0 N–H and O–H groups in total. The first-order chi connectivity index (χ1) is 10.5. The van der Waals surface area contributed by atoms with Gasteiger partial charge in [0.15, 0.2) is 6.61 Å². The lowest BCUT2D eigenvalue weighted by atomic mass is 10.3. The number of Topliss-reactive ketones (excluding diaryl/α,β-unsaturated/α-hetero) is 1. The monoisotopic (exact) mass is 385 g/mol. The summed E-state index contributed by atoms with van der Waals surface area (Å²) in [6, 6.07) is 5.87. The van der Waals surface area contributed by atoms with Crippen molar-refractivity contribution in [3.05, 3.63) is 54.9 Å². The van der Waals surface area contributed by atoms with Gasteiger partial charge in [0.05, 0.1) is 14.7 Å². The van der Waals surface area contributed by atoms with Crippen LogP contribution in [-0.4, -0.2) is 23.3 Å². The number of furan rings is 1. The number of carbonyl (C=O) groups is 2. The van der Waals surface area contributed by atoms with Gasteiger partial charge >= 0.3 is 11.9 Å². The molecule has 0 aliphatic carbocycles. The van der Waals surface area contributed by atoms with Gasteiger partial charge in [-0.15, -0.1) is 11.3 Å². The number of thiophene rings is 1. The van der Waals surface area contributed by atoms with Crippen molar-refractivity contribution < 1.29 is 23.7 Å². The Bertz CT molecular complexity index is 747. The largest absolute Gasteiger partial charge is 0.454 e. The molecule has 2 heterocycles. The summed E-state index contributed by atoms with van der Waals surface area (Å²) in [5, 5.41) is 10.4. The highest BCUT2D eigenvalue weighted by Crippen LogP contribution is 2.22. The van der Waals surface area contributed by atoms with E-state index >= 15 is 0 Å². The summed E-state index contributed by atoms with van der Waals surface area (Å²) < 4.78 is 10.4. The fourth-order valence-electron chi connectivity index (χ4n) is 1.40. The third kappa shape index (κ3) is 4.37. The van der Waals surface area contributed by atoms with E-state index < -0.39 is 16.8 Å². The second-order valence-electron chi connectivity index (χ2n) is 3.90. The van der Waals surface area contributed by atoms with Crippen LogP contribution in [0.4, 0.5) is 5.88 Å². The van der Waals surface area contributed by atoms with Gasteiger partial charge in [0.25, 0.3) is 0 Å². The molecule has 0 bridgehead atoms. The van der Waals surface area contributed by atoms with Gasteiger partial charge in [0.1, 0.15) is 10.7 Å². The highest BCUT2D eigenvalue weighted by atomic mass is 79.9. The molecule has 0 radical (unpaired) electrons. The Kier molecular flexibility index (Phi) is 5.23. The summed E-state index contributed by atoms with van der Waals surface area (Å²) in [6.07, 6.45) is 2.25. The van der Waals surface area contributed by atoms with Crippen LogP contribution in [0.3, 0.4) is 0 Å². The third-order valence-corrected chi connectivity index (χ3v) is 4.03. The standard InChI is InChI=1S/C13H8BrNO6S/c14-11-4-3-10(22-11)9(16)7-20-13(17)6-2-8-1-5-12(21-8)15(18)19/h1-6H,7H2/b6-2+. The minimum absolute atomic E-state index is 0.136. The Balaban J connectivity index is 1.85. The van der Waals surface area contributed by atoms with Gasteiger partial charge < -0.3 is 9.15 Å². The highest BCUT2D eigenvalue weighted by molar-refractivity contribution is 9.11. The topological polar surface area (TPSA) is 99.7 Å². The fourth-order valence-corrected chi connectivity index (χ4v) is 2.71. The van der Waals surface area contributed by atoms with E-state index in [0.29, 0.717) is 4.88 Å². The van der Waals surface area contributed by atoms with Crippen LogP contribution in [0, 0.1) is 10.1 Å². The molecular formula is C13H8BrNO6S. The molecule has 0 saturated heterocycles. The van der Waals surface area contributed by atoms with Crippen LogP contribution in [-0.2, 0) is 9.53 Å². The molecule has 9 heteroatoms. The molecule has 0 unspecified atom stereocenters. The molecular weight excluding hydrogens is 378 g/mol. The summed E-state index contributed by atoms with van der Waals surface area (Å²) in [5.74, 6) is -1.35. The fraction of sp³-hybridized carbons (Fsp3) is 0.0769. The number of ketones is 1. The van der Waals surface area contributed by atoms with Gasteiger partial charge in [0.2, 0.25) is 5.78 Å². The number of nitrogens with zero attached hydrogens (tertiary/aromatic N) is 1. The van der Waals surface area contributed by atoms with E-state index in [1.54, 1.807) is 12.1 Å². The number of nitro groups is 1. The molecule has 0 amide bonds. The minimum Gasteiger partial charge on any atom is -0.454 e. The Labute approximate surface area is 136 Å². The zero-order valence-corrected chi connectivity index (χ0v) is 13.3. The zero-order valence-electron chi connectivity index (χ0n) is 10.9. The van der Waals surface area contributed by atoms with Crippen molar-refractivity contribution in [1.29, 1.82) is 0 Å². The molecule has 2 aromatic rings. The van der Waals surface area contributed by atoms with Crippen LogP contribution in [0.25, 0.3) is 6.08 Å². The van der Waals surface area contributed by atoms with E-state index in [9.17, 15) is 19.7 Å². The van der Waals surface area contributed by atoms with Crippen LogP contribution < -0.4 is 0 Å². The lowest BCUT2D eigenvalue weighted by Crippen LogP contribution is -2.11. The van der Waals surface area contributed by atoms with Crippen molar-refractivity contribution in [3.8, 4) is 0 Å². The summed E-state index contributed by atoms with van der Waals surface area (Å²) in [7, 11) is 0. The van der Waals surface area contributed by atoms with E-state index in [0.717, 1.165) is 9.86 Å². The molecule has 0 aliphatic rings. The van der Waals surface area contributed by atoms with Gasteiger partial charge in [-0.1, -0.05) is 0 Å². The summed E-state index contributed by atoms with van der Waals surface area (Å²) in [6.45, 7) is -0.381. The first-order valence-corrected chi connectivity index (χ1v) is 7.44. The summed E-state index contributed by atoms with van der Waals surface area (Å²) >= 11 is 4.47. The number of rotatable bonds is 6. The Morgan fingerprint density at radius 3 is 2.73 bits per heavy atom. The average molecular weight is 386 g/mol. The van der Waals surface area contributed by atoms with Crippen molar-refractivity contribution in [1.82, 2.24) is 0 Å². The van der Waals surface area contributed by atoms with Gasteiger partial charge in [-0.3, -0.25) is 14.9 Å². The average Bonchev–Trinajstić information content (AvgIpc) is 3.11. The van der Waals surface area contributed by atoms with Gasteiger partial charge in [-0.2, -0.15) is 0 Å². The van der Waals surface area contributed by atoms with E-state index in [2.05, 4.69) is 15.9 Å². The molecule has 0 saturated carbocycles. The maximum atomic E-state index is 11.7. The second kappa shape index (κ2) is 7.14. The maximum absolute atomic E-state index is 11.7. The lowest BCUT2D eigenvalue weighted by Gasteiger charge is -1.98. The molecule has 2 rings (SSSR count). The highest BCUT2D eigenvalue weighted by Gasteiger charge is 2.12. The Hall–Kier alpha value is -2.26. The number of ether oxygens (including phenoxy) is 1. The SMILES string of the molecule is O=C(/C=C/c1ccc([N+](=O)[O-])o1)OCC(=O)c1ccc(Br)s1.